The summed E-state index contributed by atoms with van der Waals surface area (Å²) in [6, 6.07) is 15.0. The van der Waals surface area contributed by atoms with E-state index >= 15 is 0 Å². The van der Waals surface area contributed by atoms with Crippen LogP contribution in [-0.2, 0) is 13.7 Å². The van der Waals surface area contributed by atoms with Crippen LogP contribution >= 0.6 is 11.3 Å². The lowest BCUT2D eigenvalue weighted by Crippen LogP contribution is -2.10. The molecule has 1 amide bonds. The Morgan fingerprint density at radius 2 is 2.07 bits per heavy atom. The Labute approximate surface area is 176 Å². The first kappa shape index (κ1) is 18.5. The number of benzene rings is 2. The zero-order valence-electron chi connectivity index (χ0n) is 16.5. The van der Waals surface area contributed by atoms with Crippen LogP contribution in [0.15, 0.2) is 48.5 Å². The lowest BCUT2D eigenvalue weighted by molar-refractivity contribution is 0.103. The number of fused-ring (bicyclic) bond motifs is 2. The van der Waals surface area contributed by atoms with Crippen molar-refractivity contribution in [2.75, 3.05) is 12.1 Å². The van der Waals surface area contributed by atoms with Crippen molar-refractivity contribution in [1.29, 1.82) is 0 Å². The van der Waals surface area contributed by atoms with Crippen molar-refractivity contribution in [2.45, 2.75) is 13.5 Å². The number of amides is 1. The van der Waals surface area contributed by atoms with E-state index < -0.39 is 0 Å². The quantitative estimate of drug-likeness (QED) is 0.513. The molecule has 5 rings (SSSR count). The lowest BCUT2D eigenvalue weighted by Gasteiger charge is -2.09. The Balaban J connectivity index is 1.27. The average molecular weight is 421 g/mol. The molecular weight excluding hydrogens is 402 g/mol. The van der Waals surface area contributed by atoms with Crippen LogP contribution in [0.1, 0.15) is 20.9 Å². The number of anilines is 1. The molecule has 2 aromatic heterocycles. The minimum Gasteiger partial charge on any atom is -0.489 e. The molecule has 4 aromatic rings. The smallest absolute Gasteiger partial charge is 0.265 e. The first-order valence-electron chi connectivity index (χ1n) is 9.43. The Morgan fingerprint density at radius 1 is 1.20 bits per heavy atom. The summed E-state index contributed by atoms with van der Waals surface area (Å²) in [6.45, 7) is 2.55. The molecule has 0 atom stereocenters. The normalized spacial score (nSPS) is 12.3. The molecule has 0 radical (unpaired) electrons. The molecule has 0 bridgehead atoms. The van der Waals surface area contributed by atoms with Gasteiger partial charge in [-0.1, -0.05) is 12.1 Å². The van der Waals surface area contributed by atoms with Gasteiger partial charge in [-0.25, -0.2) is 0 Å². The number of rotatable bonds is 5. The van der Waals surface area contributed by atoms with Gasteiger partial charge in [0.1, 0.15) is 17.2 Å². The van der Waals surface area contributed by atoms with Crippen molar-refractivity contribution in [1.82, 2.24) is 9.78 Å². The maximum absolute atomic E-state index is 12.7. The Bertz CT molecular complexity index is 1230. The van der Waals surface area contributed by atoms with Gasteiger partial charge in [0.15, 0.2) is 11.5 Å². The highest BCUT2D eigenvalue weighted by Crippen LogP contribution is 2.35. The molecule has 0 saturated carbocycles. The summed E-state index contributed by atoms with van der Waals surface area (Å²) in [5.41, 5.74) is 2.59. The lowest BCUT2D eigenvalue weighted by atomic mass is 10.2. The van der Waals surface area contributed by atoms with E-state index in [4.69, 9.17) is 14.2 Å². The second-order valence-corrected chi connectivity index (χ2v) is 8.03. The van der Waals surface area contributed by atoms with Crippen molar-refractivity contribution in [3.8, 4) is 17.2 Å². The van der Waals surface area contributed by atoms with Gasteiger partial charge in [0.25, 0.3) is 5.91 Å². The van der Waals surface area contributed by atoms with Crippen molar-refractivity contribution >= 4 is 33.1 Å². The van der Waals surface area contributed by atoms with Crippen LogP contribution in [-0.4, -0.2) is 22.5 Å². The van der Waals surface area contributed by atoms with E-state index in [1.165, 1.54) is 11.3 Å². The molecule has 30 heavy (non-hydrogen) atoms. The fraction of sp³-hybridized carbons (Fsp3) is 0.182. The van der Waals surface area contributed by atoms with Gasteiger partial charge < -0.3 is 19.5 Å². The van der Waals surface area contributed by atoms with Crippen molar-refractivity contribution in [3.05, 3.63) is 64.7 Å². The fourth-order valence-corrected chi connectivity index (χ4v) is 4.40. The standard InChI is InChI=1S/C22H19N3O4S/c1-13-17-10-20(30-22(17)25(2)24-13)21(26)23-15-5-3-4-14(8-15)11-27-16-6-7-18-19(9-16)29-12-28-18/h3-10H,11-12H2,1-2H3,(H,23,26). The summed E-state index contributed by atoms with van der Waals surface area (Å²) < 4.78 is 18.4. The third-order valence-electron chi connectivity index (χ3n) is 4.85. The van der Waals surface area contributed by atoms with E-state index in [2.05, 4.69) is 10.4 Å². The molecule has 152 valence electrons. The van der Waals surface area contributed by atoms with Crippen LogP contribution in [0.3, 0.4) is 0 Å². The van der Waals surface area contributed by atoms with Gasteiger partial charge in [0, 0.05) is 24.2 Å². The fourth-order valence-electron chi connectivity index (χ4n) is 3.38. The second kappa shape index (κ2) is 7.38. The van der Waals surface area contributed by atoms with Crippen molar-refractivity contribution in [3.63, 3.8) is 0 Å². The van der Waals surface area contributed by atoms with E-state index in [1.807, 2.05) is 62.5 Å². The minimum atomic E-state index is -0.135. The Hall–Kier alpha value is -3.52. The number of carbonyl (C=O) groups is 1. The molecule has 3 heterocycles. The van der Waals surface area contributed by atoms with Crippen LogP contribution in [0.25, 0.3) is 10.2 Å². The van der Waals surface area contributed by atoms with Gasteiger partial charge >= 0.3 is 0 Å². The molecule has 0 fully saturated rings. The number of hydrogen-bond acceptors (Lipinski definition) is 6. The third-order valence-corrected chi connectivity index (χ3v) is 6.06. The minimum absolute atomic E-state index is 0.135. The van der Waals surface area contributed by atoms with Crippen molar-refractivity contribution in [2.24, 2.45) is 7.05 Å². The van der Waals surface area contributed by atoms with E-state index in [1.54, 1.807) is 4.68 Å². The number of nitrogens with one attached hydrogen (secondary N) is 1. The van der Waals surface area contributed by atoms with Crippen LogP contribution < -0.4 is 19.5 Å². The Kier molecular flexibility index (Phi) is 4.55. The number of aryl methyl sites for hydroxylation is 2. The second-order valence-electron chi connectivity index (χ2n) is 7.00. The maximum Gasteiger partial charge on any atom is 0.265 e. The highest BCUT2D eigenvalue weighted by molar-refractivity contribution is 7.20. The van der Waals surface area contributed by atoms with Gasteiger partial charge in [0.2, 0.25) is 6.79 Å². The molecular formula is C22H19N3O4S. The summed E-state index contributed by atoms with van der Waals surface area (Å²) in [5, 5.41) is 8.36. The molecule has 1 aliphatic rings. The monoisotopic (exact) mass is 421 g/mol. The number of carbonyl (C=O) groups excluding carboxylic acids is 1. The predicted octanol–water partition coefficient (Wildman–Crippen LogP) is 4.50. The highest BCUT2D eigenvalue weighted by Gasteiger charge is 2.16. The molecule has 7 nitrogen and oxygen atoms in total. The molecule has 0 aliphatic carbocycles. The number of aromatic nitrogens is 2. The molecule has 1 aliphatic heterocycles. The highest BCUT2D eigenvalue weighted by atomic mass is 32.1. The molecule has 0 saturated heterocycles. The molecule has 8 heteroatoms. The number of hydrogen-bond donors (Lipinski definition) is 1. The van der Waals surface area contributed by atoms with E-state index in [0.717, 1.165) is 32.9 Å². The van der Waals surface area contributed by atoms with Gasteiger partial charge in [-0.3, -0.25) is 9.48 Å². The summed E-state index contributed by atoms with van der Waals surface area (Å²) >= 11 is 1.44. The zero-order valence-corrected chi connectivity index (χ0v) is 17.3. The number of ether oxygens (including phenoxy) is 3. The Morgan fingerprint density at radius 3 is 2.93 bits per heavy atom. The van der Waals surface area contributed by atoms with Gasteiger partial charge in [0.05, 0.1) is 10.6 Å². The summed E-state index contributed by atoms with van der Waals surface area (Å²) in [5.74, 6) is 1.97. The largest absolute Gasteiger partial charge is 0.489 e. The summed E-state index contributed by atoms with van der Waals surface area (Å²) in [4.78, 5) is 14.4. The molecule has 0 spiro atoms. The molecule has 1 N–H and O–H groups in total. The predicted molar refractivity (Wildman–Crippen MR) is 115 cm³/mol. The number of nitrogens with zero attached hydrogens (tertiary/aromatic N) is 2. The van der Waals surface area contributed by atoms with Crippen LogP contribution in [0.5, 0.6) is 17.2 Å². The third kappa shape index (κ3) is 3.46. The molecule has 2 aromatic carbocycles. The van der Waals surface area contributed by atoms with Gasteiger partial charge in [-0.05, 0) is 42.8 Å². The van der Waals surface area contributed by atoms with E-state index in [9.17, 15) is 4.79 Å². The van der Waals surface area contributed by atoms with Crippen LogP contribution in [0.4, 0.5) is 5.69 Å². The van der Waals surface area contributed by atoms with Crippen molar-refractivity contribution < 1.29 is 19.0 Å². The van der Waals surface area contributed by atoms with Crippen LogP contribution in [0, 0.1) is 6.92 Å². The van der Waals surface area contributed by atoms with E-state index in [-0.39, 0.29) is 12.7 Å². The van der Waals surface area contributed by atoms with E-state index in [0.29, 0.717) is 23.0 Å². The summed E-state index contributed by atoms with van der Waals surface area (Å²) in [6.07, 6.45) is 0. The zero-order chi connectivity index (χ0) is 20.7. The number of thiophene rings is 1. The van der Waals surface area contributed by atoms with Gasteiger partial charge in [-0.15, -0.1) is 11.3 Å². The molecule has 0 unspecified atom stereocenters. The summed E-state index contributed by atoms with van der Waals surface area (Å²) in [7, 11) is 1.89. The van der Waals surface area contributed by atoms with Crippen LogP contribution in [0.2, 0.25) is 0 Å². The topological polar surface area (TPSA) is 74.6 Å². The average Bonchev–Trinajstić information content (AvgIpc) is 3.44. The van der Waals surface area contributed by atoms with Gasteiger partial charge in [-0.2, -0.15) is 5.10 Å². The maximum atomic E-state index is 12.7. The first-order chi connectivity index (χ1) is 14.6. The first-order valence-corrected chi connectivity index (χ1v) is 10.2. The SMILES string of the molecule is Cc1nn(C)c2sc(C(=O)Nc3cccc(COc4ccc5c(c4)OCO5)c3)cc12.